The molecule has 0 spiro atoms. The number of nitrogens with zero attached hydrogens (tertiary/aromatic N) is 2. The number of aromatic nitrogens is 1. The van der Waals surface area contributed by atoms with Gasteiger partial charge in [0.25, 0.3) is 0 Å². The fraction of sp³-hybridized carbons (Fsp3) is 0.583. The van der Waals surface area contributed by atoms with Crippen LogP contribution < -0.4 is 5.32 Å². The third kappa shape index (κ3) is 3.82. The Balaban J connectivity index is 3.16. The van der Waals surface area contributed by atoms with Gasteiger partial charge >= 0.3 is 11.9 Å². The summed E-state index contributed by atoms with van der Waals surface area (Å²) in [6.45, 7) is 5.62. The second-order valence-electron chi connectivity index (χ2n) is 4.66. The molecule has 1 aromatic heterocycles. The van der Waals surface area contributed by atoms with Gasteiger partial charge in [-0.1, -0.05) is 20.3 Å². The van der Waals surface area contributed by atoms with Crippen molar-refractivity contribution in [3.63, 3.8) is 0 Å². The first-order chi connectivity index (χ1) is 9.16. The molecule has 1 rings (SSSR count). The van der Waals surface area contributed by atoms with Crippen LogP contribution in [0.5, 0.6) is 0 Å². The molecule has 0 saturated carbocycles. The van der Waals surface area contributed by atoms with E-state index in [2.05, 4.69) is 10.3 Å². The van der Waals surface area contributed by atoms with Crippen molar-refractivity contribution >= 4 is 11.4 Å². The maximum absolute atomic E-state index is 12.6. The van der Waals surface area contributed by atoms with Crippen LogP contribution in [-0.2, 0) is 6.18 Å². The molecule has 0 aromatic carbocycles. The quantitative estimate of drug-likeness (QED) is 0.660. The SMILES string of the molecule is CCC(C)C(C)Nc1cc(C(F)(F)F)ncc1[N+](=O)[O-]. The van der Waals surface area contributed by atoms with Crippen LogP contribution in [0.2, 0.25) is 0 Å². The molecular weight excluding hydrogens is 275 g/mol. The highest BCUT2D eigenvalue weighted by Crippen LogP contribution is 2.33. The lowest BCUT2D eigenvalue weighted by Crippen LogP contribution is -2.24. The lowest BCUT2D eigenvalue weighted by atomic mass is 10.0. The predicted octanol–water partition coefficient (Wildman–Crippen LogP) is 3.86. The molecule has 1 N–H and O–H groups in total. The van der Waals surface area contributed by atoms with Crippen molar-refractivity contribution in [2.75, 3.05) is 5.32 Å². The molecule has 2 atom stereocenters. The minimum Gasteiger partial charge on any atom is -0.377 e. The van der Waals surface area contributed by atoms with E-state index in [0.717, 1.165) is 6.42 Å². The zero-order valence-corrected chi connectivity index (χ0v) is 11.4. The first-order valence-corrected chi connectivity index (χ1v) is 6.15. The normalized spacial score (nSPS) is 14.7. The fourth-order valence-corrected chi connectivity index (χ4v) is 1.61. The van der Waals surface area contributed by atoms with Gasteiger partial charge in [0.2, 0.25) is 0 Å². The van der Waals surface area contributed by atoms with Crippen LogP contribution in [0.4, 0.5) is 24.5 Å². The first kappa shape index (κ1) is 16.2. The monoisotopic (exact) mass is 291 g/mol. The predicted molar refractivity (Wildman–Crippen MR) is 68.4 cm³/mol. The smallest absolute Gasteiger partial charge is 0.377 e. The topological polar surface area (TPSA) is 68.1 Å². The summed E-state index contributed by atoms with van der Waals surface area (Å²) in [6, 6.07) is 0.485. The summed E-state index contributed by atoms with van der Waals surface area (Å²) in [5.74, 6) is 0.164. The van der Waals surface area contributed by atoms with Crippen LogP contribution in [-0.4, -0.2) is 15.9 Å². The van der Waals surface area contributed by atoms with Crippen molar-refractivity contribution in [2.24, 2.45) is 5.92 Å². The van der Waals surface area contributed by atoms with Crippen molar-refractivity contribution in [3.8, 4) is 0 Å². The molecule has 0 amide bonds. The molecule has 8 heteroatoms. The van der Waals surface area contributed by atoms with E-state index in [0.29, 0.717) is 12.3 Å². The molecule has 1 aromatic rings. The maximum Gasteiger partial charge on any atom is 0.433 e. The van der Waals surface area contributed by atoms with E-state index in [9.17, 15) is 23.3 Å². The minimum atomic E-state index is -4.63. The average Bonchev–Trinajstić information content (AvgIpc) is 2.36. The standard InChI is InChI=1S/C12H16F3N3O2/c1-4-7(2)8(3)17-9-5-11(12(13,14)15)16-6-10(9)18(19)20/h5-8H,4H2,1-3H3,(H,16,17). The van der Waals surface area contributed by atoms with Gasteiger partial charge in [0.1, 0.15) is 17.6 Å². The van der Waals surface area contributed by atoms with Crippen molar-refractivity contribution in [1.29, 1.82) is 0 Å². The zero-order valence-electron chi connectivity index (χ0n) is 11.4. The number of alkyl halides is 3. The van der Waals surface area contributed by atoms with Gasteiger partial charge in [-0.25, -0.2) is 4.98 Å². The van der Waals surface area contributed by atoms with Crippen molar-refractivity contribution in [3.05, 3.63) is 28.1 Å². The summed E-state index contributed by atoms with van der Waals surface area (Å²) < 4.78 is 37.8. The van der Waals surface area contributed by atoms with E-state index in [1.54, 1.807) is 6.92 Å². The third-order valence-corrected chi connectivity index (χ3v) is 3.25. The van der Waals surface area contributed by atoms with Crippen LogP contribution in [0, 0.1) is 16.0 Å². The van der Waals surface area contributed by atoms with E-state index in [1.807, 2.05) is 13.8 Å². The molecule has 20 heavy (non-hydrogen) atoms. The van der Waals surface area contributed by atoms with E-state index in [4.69, 9.17) is 0 Å². The number of nitrogens with one attached hydrogen (secondary N) is 1. The van der Waals surface area contributed by atoms with Crippen molar-refractivity contribution in [1.82, 2.24) is 4.98 Å². The number of nitro groups is 1. The Morgan fingerprint density at radius 2 is 2.05 bits per heavy atom. The summed E-state index contributed by atoms with van der Waals surface area (Å²) in [4.78, 5) is 13.2. The van der Waals surface area contributed by atoms with Crippen LogP contribution in [0.3, 0.4) is 0 Å². The van der Waals surface area contributed by atoms with Crippen molar-refractivity contribution in [2.45, 2.75) is 39.4 Å². The molecular formula is C12H16F3N3O2. The summed E-state index contributed by atoms with van der Waals surface area (Å²) in [6.07, 6.45) is -3.20. The molecule has 1 heterocycles. The molecule has 0 fully saturated rings. The summed E-state index contributed by atoms with van der Waals surface area (Å²) in [7, 11) is 0. The fourth-order valence-electron chi connectivity index (χ4n) is 1.61. The highest BCUT2D eigenvalue weighted by atomic mass is 19.4. The molecule has 0 aliphatic carbocycles. The highest BCUT2D eigenvalue weighted by molar-refractivity contribution is 5.61. The Bertz CT molecular complexity index is 491. The Morgan fingerprint density at radius 3 is 2.50 bits per heavy atom. The average molecular weight is 291 g/mol. The molecule has 0 bridgehead atoms. The minimum absolute atomic E-state index is 0.162. The number of hydrogen-bond donors (Lipinski definition) is 1. The lowest BCUT2D eigenvalue weighted by molar-refractivity contribution is -0.384. The van der Waals surface area contributed by atoms with E-state index >= 15 is 0 Å². The zero-order chi connectivity index (χ0) is 15.5. The Morgan fingerprint density at radius 1 is 1.45 bits per heavy atom. The van der Waals surface area contributed by atoms with Crippen LogP contribution in [0.15, 0.2) is 12.3 Å². The first-order valence-electron chi connectivity index (χ1n) is 6.15. The van der Waals surface area contributed by atoms with E-state index in [1.165, 1.54) is 0 Å². The highest BCUT2D eigenvalue weighted by Gasteiger charge is 2.34. The maximum atomic E-state index is 12.6. The van der Waals surface area contributed by atoms with E-state index in [-0.39, 0.29) is 17.6 Å². The summed E-state index contributed by atoms with van der Waals surface area (Å²) in [5, 5.41) is 13.6. The molecule has 2 unspecified atom stereocenters. The van der Waals surface area contributed by atoms with Gasteiger partial charge in [0, 0.05) is 6.04 Å². The summed E-state index contributed by atoms with van der Waals surface area (Å²) in [5.41, 5.74) is -1.78. The Labute approximate surface area is 114 Å². The number of rotatable bonds is 5. The number of anilines is 1. The van der Waals surface area contributed by atoms with Gasteiger partial charge in [-0.05, 0) is 18.9 Å². The molecule has 5 nitrogen and oxygen atoms in total. The second kappa shape index (κ2) is 6.06. The van der Waals surface area contributed by atoms with Gasteiger partial charge in [0.05, 0.1) is 4.92 Å². The van der Waals surface area contributed by atoms with Crippen molar-refractivity contribution < 1.29 is 18.1 Å². The third-order valence-electron chi connectivity index (χ3n) is 3.25. The van der Waals surface area contributed by atoms with Crippen LogP contribution >= 0.6 is 0 Å². The van der Waals surface area contributed by atoms with Gasteiger partial charge in [-0.2, -0.15) is 13.2 Å². The Kier molecular flexibility index (Phi) is 4.91. The second-order valence-corrected chi connectivity index (χ2v) is 4.66. The number of pyridine rings is 1. The number of halogens is 3. The molecule has 0 aliphatic heterocycles. The molecule has 0 radical (unpaired) electrons. The van der Waals surface area contributed by atoms with Gasteiger partial charge in [-0.3, -0.25) is 10.1 Å². The largest absolute Gasteiger partial charge is 0.433 e. The van der Waals surface area contributed by atoms with Gasteiger partial charge in [0.15, 0.2) is 0 Å². The van der Waals surface area contributed by atoms with Crippen LogP contribution in [0.1, 0.15) is 32.9 Å². The van der Waals surface area contributed by atoms with Gasteiger partial charge < -0.3 is 5.32 Å². The Hall–Kier alpha value is -1.86. The molecule has 0 aliphatic rings. The summed E-state index contributed by atoms with van der Waals surface area (Å²) >= 11 is 0. The molecule has 0 saturated heterocycles. The number of hydrogen-bond acceptors (Lipinski definition) is 4. The lowest BCUT2D eigenvalue weighted by Gasteiger charge is -2.21. The van der Waals surface area contributed by atoms with E-state index < -0.39 is 22.5 Å². The van der Waals surface area contributed by atoms with Crippen LogP contribution in [0.25, 0.3) is 0 Å². The molecule has 112 valence electrons. The van der Waals surface area contributed by atoms with Gasteiger partial charge in [-0.15, -0.1) is 0 Å².